The Morgan fingerprint density at radius 3 is 2.65 bits per heavy atom. The number of methoxy groups -OCH3 is 1. The Bertz CT molecular complexity index is 303. The topological polar surface area (TPSA) is 41.6 Å². The van der Waals surface area contributed by atoms with Crippen molar-refractivity contribution in [2.75, 3.05) is 20.2 Å². The van der Waals surface area contributed by atoms with Crippen LogP contribution in [0.2, 0.25) is 0 Å². The number of hydrogen-bond acceptors (Lipinski definition) is 3. The van der Waals surface area contributed by atoms with Crippen LogP contribution in [0.1, 0.15) is 58.3 Å². The molecule has 4 nitrogen and oxygen atoms in total. The lowest BCUT2D eigenvalue weighted by molar-refractivity contribution is 0.0719. The molecular formula is C16H30N2O2. The Morgan fingerprint density at radius 1 is 1.25 bits per heavy atom. The number of rotatable bonds is 4. The lowest BCUT2D eigenvalue weighted by Crippen LogP contribution is -2.54. The average Bonchev–Trinajstić information content (AvgIpc) is 2.48. The minimum atomic E-state index is -0.282. The molecule has 2 atom stereocenters. The standard InChI is InChI=1S/C16H30N2O2/c1-3-7-13-10-14(17-16(19)20-2)12-18(11-13)15-8-5-4-6-9-15/h13-15H,3-12H2,1-2H3,(H,17,19). The van der Waals surface area contributed by atoms with E-state index in [1.54, 1.807) is 0 Å². The fourth-order valence-corrected chi connectivity index (χ4v) is 3.93. The zero-order valence-electron chi connectivity index (χ0n) is 13.1. The van der Waals surface area contributed by atoms with E-state index in [0.29, 0.717) is 0 Å². The molecule has 1 aliphatic heterocycles. The van der Waals surface area contributed by atoms with Gasteiger partial charge < -0.3 is 10.1 Å². The molecule has 1 amide bonds. The quantitative estimate of drug-likeness (QED) is 0.861. The fraction of sp³-hybridized carbons (Fsp3) is 0.938. The third-order valence-electron chi connectivity index (χ3n) is 4.86. The van der Waals surface area contributed by atoms with E-state index in [-0.39, 0.29) is 12.1 Å². The summed E-state index contributed by atoms with van der Waals surface area (Å²) in [5, 5.41) is 3.02. The molecule has 0 spiro atoms. The molecule has 0 aromatic rings. The molecule has 1 N–H and O–H groups in total. The van der Waals surface area contributed by atoms with Crippen molar-refractivity contribution in [2.45, 2.75) is 70.4 Å². The number of alkyl carbamates (subject to hydrolysis) is 1. The van der Waals surface area contributed by atoms with Crippen LogP contribution >= 0.6 is 0 Å². The molecule has 1 saturated carbocycles. The Balaban J connectivity index is 1.94. The van der Waals surface area contributed by atoms with Gasteiger partial charge in [-0.25, -0.2) is 4.79 Å². The predicted molar refractivity (Wildman–Crippen MR) is 80.8 cm³/mol. The highest BCUT2D eigenvalue weighted by Gasteiger charge is 2.32. The molecule has 0 radical (unpaired) electrons. The van der Waals surface area contributed by atoms with Gasteiger partial charge >= 0.3 is 6.09 Å². The van der Waals surface area contributed by atoms with Crippen LogP contribution in [0, 0.1) is 5.92 Å². The number of nitrogens with zero attached hydrogens (tertiary/aromatic N) is 1. The van der Waals surface area contributed by atoms with Crippen molar-refractivity contribution in [3.05, 3.63) is 0 Å². The second-order valence-electron chi connectivity index (χ2n) is 6.47. The minimum absolute atomic E-state index is 0.259. The average molecular weight is 282 g/mol. The van der Waals surface area contributed by atoms with Crippen molar-refractivity contribution in [1.82, 2.24) is 10.2 Å². The zero-order valence-corrected chi connectivity index (χ0v) is 13.1. The van der Waals surface area contributed by atoms with Gasteiger partial charge in [0, 0.05) is 25.2 Å². The van der Waals surface area contributed by atoms with Crippen molar-refractivity contribution >= 4 is 6.09 Å². The van der Waals surface area contributed by atoms with Crippen LogP contribution in [0.4, 0.5) is 4.79 Å². The Hall–Kier alpha value is -0.770. The van der Waals surface area contributed by atoms with E-state index >= 15 is 0 Å². The summed E-state index contributed by atoms with van der Waals surface area (Å²) >= 11 is 0. The van der Waals surface area contributed by atoms with Gasteiger partial charge in [0.25, 0.3) is 0 Å². The van der Waals surface area contributed by atoms with E-state index in [1.165, 1.54) is 58.6 Å². The highest BCUT2D eigenvalue weighted by atomic mass is 16.5. The molecule has 2 aliphatic rings. The first-order chi connectivity index (χ1) is 9.72. The molecule has 0 aromatic carbocycles. The molecule has 0 bridgehead atoms. The van der Waals surface area contributed by atoms with E-state index < -0.39 is 0 Å². The van der Waals surface area contributed by atoms with Gasteiger partial charge in [-0.05, 0) is 31.6 Å². The summed E-state index contributed by atoms with van der Waals surface area (Å²) in [7, 11) is 1.45. The first-order valence-electron chi connectivity index (χ1n) is 8.31. The normalized spacial score (nSPS) is 29.1. The van der Waals surface area contributed by atoms with Gasteiger partial charge in [-0.15, -0.1) is 0 Å². The maximum absolute atomic E-state index is 11.5. The third kappa shape index (κ3) is 4.37. The van der Waals surface area contributed by atoms with Crippen molar-refractivity contribution < 1.29 is 9.53 Å². The van der Waals surface area contributed by atoms with E-state index in [2.05, 4.69) is 17.1 Å². The van der Waals surface area contributed by atoms with Gasteiger partial charge in [0.2, 0.25) is 0 Å². The highest BCUT2D eigenvalue weighted by Crippen LogP contribution is 2.29. The number of carbonyl (C=O) groups is 1. The predicted octanol–water partition coefficient (Wildman–Crippen LogP) is 3.17. The summed E-state index contributed by atoms with van der Waals surface area (Å²) in [6, 6.07) is 1.00. The number of ether oxygens (including phenoxy) is 1. The van der Waals surface area contributed by atoms with Gasteiger partial charge in [-0.3, -0.25) is 4.90 Å². The van der Waals surface area contributed by atoms with Crippen molar-refractivity contribution in [3.8, 4) is 0 Å². The molecule has 2 unspecified atom stereocenters. The Labute approximate surface area is 123 Å². The van der Waals surface area contributed by atoms with E-state index in [0.717, 1.165) is 24.9 Å². The Morgan fingerprint density at radius 2 is 2.00 bits per heavy atom. The third-order valence-corrected chi connectivity index (χ3v) is 4.86. The SMILES string of the molecule is CCCC1CC(NC(=O)OC)CN(C2CCCCC2)C1. The van der Waals surface area contributed by atoms with Gasteiger partial charge in [0.1, 0.15) is 0 Å². The highest BCUT2D eigenvalue weighted by molar-refractivity contribution is 5.67. The summed E-state index contributed by atoms with van der Waals surface area (Å²) in [5.41, 5.74) is 0. The van der Waals surface area contributed by atoms with Crippen LogP contribution in [0.3, 0.4) is 0 Å². The second kappa shape index (κ2) is 7.87. The minimum Gasteiger partial charge on any atom is -0.453 e. The Kier molecular flexibility index (Phi) is 6.14. The number of hydrogen-bond donors (Lipinski definition) is 1. The summed E-state index contributed by atoms with van der Waals surface area (Å²) < 4.78 is 4.76. The van der Waals surface area contributed by atoms with Crippen LogP contribution in [0.15, 0.2) is 0 Å². The molecule has 20 heavy (non-hydrogen) atoms. The number of nitrogens with one attached hydrogen (secondary N) is 1. The molecule has 0 aromatic heterocycles. The fourth-order valence-electron chi connectivity index (χ4n) is 3.93. The van der Waals surface area contributed by atoms with Crippen LogP contribution < -0.4 is 5.32 Å². The van der Waals surface area contributed by atoms with Gasteiger partial charge in [-0.1, -0.05) is 32.6 Å². The van der Waals surface area contributed by atoms with Crippen molar-refractivity contribution in [2.24, 2.45) is 5.92 Å². The number of piperidine rings is 1. The van der Waals surface area contributed by atoms with Crippen LogP contribution in [0.5, 0.6) is 0 Å². The zero-order chi connectivity index (χ0) is 14.4. The van der Waals surface area contributed by atoms with E-state index in [9.17, 15) is 4.79 Å². The number of amides is 1. The maximum atomic E-state index is 11.5. The van der Waals surface area contributed by atoms with E-state index in [1.807, 2.05) is 0 Å². The lowest BCUT2D eigenvalue weighted by Gasteiger charge is -2.43. The first kappa shape index (κ1) is 15.6. The van der Waals surface area contributed by atoms with Crippen LogP contribution in [-0.4, -0.2) is 43.3 Å². The largest absolute Gasteiger partial charge is 0.453 e. The van der Waals surface area contributed by atoms with Gasteiger partial charge in [0.05, 0.1) is 7.11 Å². The first-order valence-corrected chi connectivity index (χ1v) is 8.31. The maximum Gasteiger partial charge on any atom is 0.407 e. The molecule has 4 heteroatoms. The lowest BCUT2D eigenvalue weighted by atomic mass is 9.86. The summed E-state index contributed by atoms with van der Waals surface area (Å²) in [5.74, 6) is 0.720. The monoisotopic (exact) mass is 282 g/mol. The summed E-state index contributed by atoms with van der Waals surface area (Å²) in [6.07, 6.45) is 10.1. The number of carbonyl (C=O) groups excluding carboxylic acids is 1. The molecule has 2 fully saturated rings. The van der Waals surface area contributed by atoms with Crippen molar-refractivity contribution in [3.63, 3.8) is 0 Å². The summed E-state index contributed by atoms with van der Waals surface area (Å²) in [4.78, 5) is 14.1. The number of likely N-dealkylation sites (tertiary alicyclic amines) is 1. The molecule has 2 rings (SSSR count). The molecule has 1 aliphatic carbocycles. The molecular weight excluding hydrogens is 252 g/mol. The molecule has 1 heterocycles. The van der Waals surface area contributed by atoms with Crippen molar-refractivity contribution in [1.29, 1.82) is 0 Å². The second-order valence-corrected chi connectivity index (χ2v) is 6.47. The van der Waals surface area contributed by atoms with E-state index in [4.69, 9.17) is 4.74 Å². The van der Waals surface area contributed by atoms with Crippen LogP contribution in [0.25, 0.3) is 0 Å². The molecule has 1 saturated heterocycles. The van der Waals surface area contributed by atoms with Gasteiger partial charge in [-0.2, -0.15) is 0 Å². The smallest absolute Gasteiger partial charge is 0.407 e. The van der Waals surface area contributed by atoms with Crippen LogP contribution in [-0.2, 0) is 4.74 Å². The molecule has 116 valence electrons. The summed E-state index contributed by atoms with van der Waals surface area (Å²) in [6.45, 7) is 4.47. The van der Waals surface area contributed by atoms with Gasteiger partial charge in [0.15, 0.2) is 0 Å².